The molecule has 1 aliphatic rings. The van der Waals surface area contributed by atoms with Gasteiger partial charge in [0.25, 0.3) is 0 Å². The van der Waals surface area contributed by atoms with Crippen LogP contribution in [0.1, 0.15) is 37.3 Å². The van der Waals surface area contributed by atoms with Crippen LogP contribution in [0.15, 0.2) is 18.2 Å². The van der Waals surface area contributed by atoms with Gasteiger partial charge in [-0.2, -0.15) is 0 Å². The van der Waals surface area contributed by atoms with E-state index in [2.05, 4.69) is 17.9 Å². The van der Waals surface area contributed by atoms with Gasteiger partial charge >= 0.3 is 0 Å². The molecule has 2 rings (SSSR count). The van der Waals surface area contributed by atoms with Crippen LogP contribution in [-0.4, -0.2) is 24.2 Å². The Bertz CT molecular complexity index is 388. The number of halogens is 1. The summed E-state index contributed by atoms with van der Waals surface area (Å²) in [6, 6.07) is 6.09. The van der Waals surface area contributed by atoms with Crippen LogP contribution in [0.3, 0.4) is 0 Å². The molecule has 0 amide bonds. The Morgan fingerprint density at radius 2 is 2.00 bits per heavy atom. The topological polar surface area (TPSA) is 12.5 Å². The predicted octanol–water partition coefficient (Wildman–Crippen LogP) is 4.00. The third kappa shape index (κ3) is 3.71. The molecule has 1 unspecified atom stereocenters. The van der Waals surface area contributed by atoms with Gasteiger partial charge in [-0.25, -0.2) is 0 Å². The van der Waals surface area contributed by atoms with Crippen molar-refractivity contribution in [3.05, 3.63) is 34.3 Å². The summed E-state index contributed by atoms with van der Waals surface area (Å²) in [6.07, 6.45) is 4.17. The zero-order valence-corrected chi connectivity index (χ0v) is 12.0. The molecule has 0 aliphatic carbocycles. The lowest BCUT2D eigenvalue weighted by atomic mass is 10.1. The van der Waals surface area contributed by atoms with Gasteiger partial charge in [0.05, 0.1) is 6.61 Å². The maximum atomic E-state index is 6.02. The quantitative estimate of drug-likeness (QED) is 0.818. The number of piperidine rings is 1. The summed E-state index contributed by atoms with van der Waals surface area (Å²) in [5.74, 6) is 0. The van der Waals surface area contributed by atoms with E-state index in [0.29, 0.717) is 6.61 Å². The van der Waals surface area contributed by atoms with Gasteiger partial charge in [-0.1, -0.05) is 30.2 Å². The normalized spacial score (nSPS) is 18.8. The van der Waals surface area contributed by atoms with Crippen LogP contribution < -0.4 is 0 Å². The number of rotatable bonds is 4. The Morgan fingerprint density at radius 1 is 1.28 bits per heavy atom. The second kappa shape index (κ2) is 6.55. The third-order valence-electron chi connectivity index (χ3n) is 3.62. The van der Waals surface area contributed by atoms with Crippen molar-refractivity contribution >= 4 is 11.6 Å². The molecule has 1 saturated heterocycles. The highest BCUT2D eigenvalue weighted by Crippen LogP contribution is 2.18. The minimum absolute atomic E-state index is 0.210. The first-order valence-electron chi connectivity index (χ1n) is 6.77. The van der Waals surface area contributed by atoms with Gasteiger partial charge in [-0.05, 0) is 43.9 Å². The Hall–Kier alpha value is -0.570. The number of nitrogens with zero attached hydrogens (tertiary/aromatic N) is 1. The van der Waals surface area contributed by atoms with Gasteiger partial charge in [0.2, 0.25) is 0 Å². The SMILES string of the molecule is Cc1cc(COC(C)N2CCCCC2)ccc1Cl. The molecule has 0 radical (unpaired) electrons. The Labute approximate surface area is 115 Å². The molecule has 1 fully saturated rings. The molecule has 100 valence electrons. The number of hydrogen-bond acceptors (Lipinski definition) is 2. The minimum atomic E-state index is 0.210. The van der Waals surface area contributed by atoms with Crippen molar-refractivity contribution < 1.29 is 4.74 Å². The predicted molar refractivity (Wildman–Crippen MR) is 75.9 cm³/mol. The smallest absolute Gasteiger partial charge is 0.108 e. The van der Waals surface area contributed by atoms with Crippen LogP contribution in [0.2, 0.25) is 5.02 Å². The number of benzene rings is 1. The minimum Gasteiger partial charge on any atom is -0.359 e. The Balaban J connectivity index is 1.84. The second-order valence-electron chi connectivity index (χ2n) is 5.09. The zero-order chi connectivity index (χ0) is 13.0. The van der Waals surface area contributed by atoms with Crippen LogP contribution >= 0.6 is 11.6 Å². The van der Waals surface area contributed by atoms with Crippen molar-refractivity contribution in [2.75, 3.05) is 13.1 Å². The van der Waals surface area contributed by atoms with E-state index < -0.39 is 0 Å². The highest BCUT2D eigenvalue weighted by atomic mass is 35.5. The average molecular weight is 268 g/mol. The zero-order valence-electron chi connectivity index (χ0n) is 11.3. The largest absolute Gasteiger partial charge is 0.359 e. The van der Waals surface area contributed by atoms with Crippen LogP contribution in [-0.2, 0) is 11.3 Å². The van der Waals surface area contributed by atoms with Crippen molar-refractivity contribution in [1.29, 1.82) is 0 Å². The van der Waals surface area contributed by atoms with Gasteiger partial charge in [-0.15, -0.1) is 0 Å². The Kier molecular flexibility index (Phi) is 5.04. The van der Waals surface area contributed by atoms with Crippen molar-refractivity contribution in [3.8, 4) is 0 Å². The molecular weight excluding hydrogens is 246 g/mol. The molecule has 1 aromatic carbocycles. The molecule has 1 aromatic rings. The fraction of sp³-hybridized carbons (Fsp3) is 0.600. The first-order chi connectivity index (χ1) is 8.66. The van der Waals surface area contributed by atoms with E-state index in [1.165, 1.54) is 37.9 Å². The molecule has 0 N–H and O–H groups in total. The number of ether oxygens (including phenoxy) is 1. The van der Waals surface area contributed by atoms with Gasteiger partial charge in [0.15, 0.2) is 0 Å². The van der Waals surface area contributed by atoms with E-state index in [4.69, 9.17) is 16.3 Å². The van der Waals surface area contributed by atoms with E-state index in [1.807, 2.05) is 19.1 Å². The van der Waals surface area contributed by atoms with E-state index in [9.17, 15) is 0 Å². The molecule has 0 spiro atoms. The molecule has 1 atom stereocenters. The van der Waals surface area contributed by atoms with E-state index >= 15 is 0 Å². The summed E-state index contributed by atoms with van der Waals surface area (Å²) in [4.78, 5) is 2.42. The van der Waals surface area contributed by atoms with Crippen molar-refractivity contribution in [2.45, 2.75) is 45.9 Å². The number of hydrogen-bond donors (Lipinski definition) is 0. The number of aryl methyl sites for hydroxylation is 1. The van der Waals surface area contributed by atoms with E-state index in [1.54, 1.807) is 0 Å². The van der Waals surface area contributed by atoms with E-state index in [0.717, 1.165) is 10.6 Å². The summed E-state index contributed by atoms with van der Waals surface area (Å²) in [5, 5.41) is 0.822. The molecule has 2 nitrogen and oxygen atoms in total. The molecule has 3 heteroatoms. The third-order valence-corrected chi connectivity index (χ3v) is 4.04. The first-order valence-corrected chi connectivity index (χ1v) is 7.15. The van der Waals surface area contributed by atoms with Crippen LogP contribution in [0.5, 0.6) is 0 Å². The molecule has 18 heavy (non-hydrogen) atoms. The van der Waals surface area contributed by atoms with E-state index in [-0.39, 0.29) is 6.23 Å². The monoisotopic (exact) mass is 267 g/mol. The lowest BCUT2D eigenvalue weighted by Gasteiger charge is -2.32. The molecule has 0 saturated carbocycles. The van der Waals surface area contributed by atoms with Crippen molar-refractivity contribution in [2.24, 2.45) is 0 Å². The molecule has 1 heterocycles. The van der Waals surface area contributed by atoms with Gasteiger partial charge in [0.1, 0.15) is 6.23 Å². The van der Waals surface area contributed by atoms with Crippen molar-refractivity contribution in [3.63, 3.8) is 0 Å². The average Bonchev–Trinajstić information content (AvgIpc) is 2.41. The standard InChI is InChI=1S/C15H22ClNO/c1-12-10-14(6-7-15(12)16)11-18-13(2)17-8-4-3-5-9-17/h6-7,10,13H,3-5,8-9,11H2,1-2H3. The maximum Gasteiger partial charge on any atom is 0.108 e. The molecule has 0 aromatic heterocycles. The maximum absolute atomic E-state index is 6.02. The van der Waals surface area contributed by atoms with Crippen LogP contribution in [0.25, 0.3) is 0 Å². The highest BCUT2D eigenvalue weighted by Gasteiger charge is 2.16. The van der Waals surface area contributed by atoms with Gasteiger partial charge in [-0.3, -0.25) is 4.90 Å². The second-order valence-corrected chi connectivity index (χ2v) is 5.50. The lowest BCUT2D eigenvalue weighted by molar-refractivity contribution is -0.0636. The van der Waals surface area contributed by atoms with Crippen molar-refractivity contribution in [1.82, 2.24) is 4.90 Å². The summed E-state index contributed by atoms with van der Waals surface area (Å²) >= 11 is 6.02. The lowest BCUT2D eigenvalue weighted by Crippen LogP contribution is -2.38. The fourth-order valence-corrected chi connectivity index (χ4v) is 2.52. The summed E-state index contributed by atoms with van der Waals surface area (Å²) in [7, 11) is 0. The molecule has 0 bridgehead atoms. The van der Waals surface area contributed by atoms with Gasteiger partial charge < -0.3 is 4.74 Å². The molecule has 1 aliphatic heterocycles. The number of likely N-dealkylation sites (tertiary alicyclic amines) is 1. The highest BCUT2D eigenvalue weighted by molar-refractivity contribution is 6.31. The first kappa shape index (κ1) is 13.9. The van der Waals surface area contributed by atoms with Crippen LogP contribution in [0, 0.1) is 6.92 Å². The van der Waals surface area contributed by atoms with Gasteiger partial charge in [0, 0.05) is 18.1 Å². The summed E-state index contributed by atoms with van der Waals surface area (Å²) in [5.41, 5.74) is 2.31. The Morgan fingerprint density at radius 3 is 2.67 bits per heavy atom. The summed E-state index contributed by atoms with van der Waals surface area (Å²) in [6.45, 7) is 7.17. The molecular formula is C15H22ClNO. The summed E-state index contributed by atoms with van der Waals surface area (Å²) < 4.78 is 5.95. The van der Waals surface area contributed by atoms with Crippen LogP contribution in [0.4, 0.5) is 0 Å². The fourth-order valence-electron chi connectivity index (χ4n) is 2.40.